The molecule has 1 atom stereocenters. The molecule has 0 heterocycles. The van der Waals surface area contributed by atoms with Crippen molar-refractivity contribution in [3.8, 4) is 6.26 Å². The molecular formula is C11H19NO3. The number of ether oxygens (including phenoxy) is 2. The second-order valence-corrected chi connectivity index (χ2v) is 3.46. The molecule has 0 aromatic heterocycles. The van der Waals surface area contributed by atoms with Crippen LogP contribution in [-0.4, -0.2) is 19.2 Å². The van der Waals surface area contributed by atoms with E-state index in [1.807, 2.05) is 0 Å². The summed E-state index contributed by atoms with van der Waals surface area (Å²) in [5.41, 5.74) is 0. The van der Waals surface area contributed by atoms with Gasteiger partial charge in [-0.1, -0.05) is 26.2 Å². The Morgan fingerprint density at radius 2 is 2.13 bits per heavy atom. The Morgan fingerprint density at radius 1 is 1.40 bits per heavy atom. The van der Waals surface area contributed by atoms with Crippen LogP contribution < -0.4 is 0 Å². The molecule has 0 aromatic carbocycles. The van der Waals surface area contributed by atoms with Crippen LogP contribution in [-0.2, 0) is 14.3 Å². The van der Waals surface area contributed by atoms with Crippen molar-refractivity contribution in [2.45, 2.75) is 51.6 Å². The van der Waals surface area contributed by atoms with Crippen molar-refractivity contribution < 1.29 is 14.3 Å². The molecule has 0 radical (unpaired) electrons. The fourth-order valence-electron chi connectivity index (χ4n) is 1.35. The highest BCUT2D eigenvalue weighted by Gasteiger charge is 2.14. The highest BCUT2D eigenvalue weighted by atomic mass is 16.5. The van der Waals surface area contributed by atoms with Crippen LogP contribution in [0.4, 0.5) is 0 Å². The van der Waals surface area contributed by atoms with Crippen molar-refractivity contribution >= 4 is 5.97 Å². The molecule has 0 spiro atoms. The van der Waals surface area contributed by atoms with E-state index in [0.29, 0.717) is 0 Å². The van der Waals surface area contributed by atoms with Crippen LogP contribution >= 0.6 is 0 Å². The molecule has 0 saturated heterocycles. The first kappa shape index (κ1) is 13.8. The first-order chi connectivity index (χ1) is 7.24. The van der Waals surface area contributed by atoms with Gasteiger partial charge in [-0.25, -0.2) is 0 Å². The van der Waals surface area contributed by atoms with Gasteiger partial charge < -0.3 is 9.47 Å². The van der Waals surface area contributed by atoms with Gasteiger partial charge in [0.05, 0.1) is 13.5 Å². The molecule has 0 saturated carbocycles. The fraction of sp³-hybridized carbons (Fsp3) is 0.818. The van der Waals surface area contributed by atoms with Crippen molar-refractivity contribution in [2.24, 2.45) is 0 Å². The third kappa shape index (κ3) is 7.80. The van der Waals surface area contributed by atoms with Crippen LogP contribution in [0.15, 0.2) is 0 Å². The Morgan fingerprint density at radius 3 is 2.67 bits per heavy atom. The summed E-state index contributed by atoms with van der Waals surface area (Å²) in [6, 6.07) is 0. The maximum absolute atomic E-state index is 11.0. The molecule has 15 heavy (non-hydrogen) atoms. The number of hydrogen-bond acceptors (Lipinski definition) is 4. The summed E-state index contributed by atoms with van der Waals surface area (Å²) in [5, 5.41) is 8.40. The Kier molecular flexibility index (Phi) is 8.55. The maximum atomic E-state index is 11.0. The predicted octanol–water partition coefficient (Wildman–Crippen LogP) is 2.39. The topological polar surface area (TPSA) is 59.3 Å². The number of hydrogen-bond donors (Lipinski definition) is 0. The highest BCUT2D eigenvalue weighted by molar-refractivity contribution is 5.69. The molecule has 0 bridgehead atoms. The summed E-state index contributed by atoms with van der Waals surface area (Å²) < 4.78 is 9.33. The van der Waals surface area contributed by atoms with E-state index in [1.54, 1.807) is 6.26 Å². The molecule has 1 unspecified atom stereocenters. The summed E-state index contributed by atoms with van der Waals surface area (Å²) in [7, 11) is 1.34. The van der Waals surface area contributed by atoms with Gasteiger partial charge in [0.1, 0.15) is 6.10 Å². The van der Waals surface area contributed by atoms with Gasteiger partial charge in [-0.05, 0) is 12.8 Å². The molecule has 4 heteroatoms. The largest absolute Gasteiger partial charge is 0.469 e. The predicted molar refractivity (Wildman–Crippen MR) is 55.9 cm³/mol. The molecule has 0 aliphatic rings. The van der Waals surface area contributed by atoms with E-state index in [0.717, 1.165) is 19.3 Å². The van der Waals surface area contributed by atoms with Crippen LogP contribution in [0.3, 0.4) is 0 Å². The van der Waals surface area contributed by atoms with E-state index < -0.39 is 0 Å². The number of nitriles is 1. The van der Waals surface area contributed by atoms with Gasteiger partial charge in [0.15, 0.2) is 0 Å². The van der Waals surface area contributed by atoms with Crippen LogP contribution in [0.5, 0.6) is 0 Å². The minimum absolute atomic E-state index is 0.163. The average molecular weight is 213 g/mol. The summed E-state index contributed by atoms with van der Waals surface area (Å²) in [6.45, 7) is 2.14. The van der Waals surface area contributed by atoms with E-state index >= 15 is 0 Å². The molecular weight excluding hydrogens is 194 g/mol. The van der Waals surface area contributed by atoms with Gasteiger partial charge >= 0.3 is 5.97 Å². The quantitative estimate of drug-likeness (QED) is 0.353. The lowest BCUT2D eigenvalue weighted by atomic mass is 10.1. The van der Waals surface area contributed by atoms with Crippen LogP contribution in [0, 0.1) is 11.5 Å². The maximum Gasteiger partial charge on any atom is 0.309 e. The smallest absolute Gasteiger partial charge is 0.309 e. The second-order valence-electron chi connectivity index (χ2n) is 3.46. The van der Waals surface area contributed by atoms with Crippen molar-refractivity contribution in [2.75, 3.05) is 7.11 Å². The lowest BCUT2D eigenvalue weighted by Crippen LogP contribution is -2.16. The van der Waals surface area contributed by atoms with Crippen molar-refractivity contribution in [1.29, 1.82) is 5.26 Å². The molecule has 0 rings (SSSR count). The molecule has 0 fully saturated rings. The average Bonchev–Trinajstić information content (AvgIpc) is 2.24. The third-order valence-electron chi connectivity index (χ3n) is 2.22. The van der Waals surface area contributed by atoms with Gasteiger partial charge in [0.25, 0.3) is 6.26 Å². The van der Waals surface area contributed by atoms with Crippen LogP contribution in [0.2, 0.25) is 0 Å². The van der Waals surface area contributed by atoms with Gasteiger partial charge in [-0.2, -0.15) is 5.26 Å². The summed E-state index contributed by atoms with van der Waals surface area (Å²) in [5.74, 6) is -0.328. The lowest BCUT2D eigenvalue weighted by Gasteiger charge is -2.11. The highest BCUT2D eigenvalue weighted by Crippen LogP contribution is 2.11. The van der Waals surface area contributed by atoms with E-state index in [2.05, 4.69) is 11.7 Å². The van der Waals surface area contributed by atoms with Crippen LogP contribution in [0.1, 0.15) is 45.4 Å². The molecule has 4 nitrogen and oxygen atoms in total. The van der Waals surface area contributed by atoms with Crippen molar-refractivity contribution in [1.82, 2.24) is 0 Å². The zero-order valence-electron chi connectivity index (χ0n) is 9.49. The lowest BCUT2D eigenvalue weighted by molar-refractivity contribution is -0.142. The number of unbranched alkanes of at least 4 members (excludes halogenated alkanes) is 3. The zero-order valence-corrected chi connectivity index (χ0v) is 9.49. The molecule has 0 aliphatic carbocycles. The summed E-state index contributed by atoms with van der Waals surface area (Å²) in [6.07, 6.45) is 6.65. The van der Waals surface area contributed by atoms with Crippen molar-refractivity contribution in [3.05, 3.63) is 0 Å². The zero-order chi connectivity index (χ0) is 11.5. The summed E-state index contributed by atoms with van der Waals surface area (Å²) in [4.78, 5) is 11.0. The Hall–Kier alpha value is -1.24. The van der Waals surface area contributed by atoms with Gasteiger partial charge in [-0.3, -0.25) is 4.79 Å². The van der Waals surface area contributed by atoms with E-state index in [4.69, 9.17) is 10.00 Å². The second kappa shape index (κ2) is 9.32. The first-order valence-electron chi connectivity index (χ1n) is 5.36. The number of rotatable bonds is 8. The number of carbonyl (C=O) groups is 1. The number of carbonyl (C=O) groups excluding carboxylic acids is 1. The van der Waals surface area contributed by atoms with E-state index in [-0.39, 0.29) is 18.5 Å². The van der Waals surface area contributed by atoms with Crippen molar-refractivity contribution in [3.63, 3.8) is 0 Å². The number of esters is 1. The standard InChI is InChI=1S/C11H19NO3/c1-3-4-5-6-7-10(15-9-12)8-11(13)14-2/h10H,3-8H2,1-2H3. The summed E-state index contributed by atoms with van der Waals surface area (Å²) >= 11 is 0. The molecule has 0 N–H and O–H groups in total. The Balaban J connectivity index is 3.73. The van der Waals surface area contributed by atoms with E-state index in [1.165, 1.54) is 20.0 Å². The molecule has 0 aliphatic heterocycles. The number of methoxy groups -OCH3 is 1. The monoisotopic (exact) mass is 213 g/mol. The van der Waals surface area contributed by atoms with Gasteiger partial charge in [0, 0.05) is 0 Å². The minimum Gasteiger partial charge on any atom is -0.469 e. The minimum atomic E-state index is -0.328. The van der Waals surface area contributed by atoms with Gasteiger partial charge in [0.2, 0.25) is 0 Å². The molecule has 0 amide bonds. The SMILES string of the molecule is CCCCCCC(CC(=O)OC)OC#N. The third-order valence-corrected chi connectivity index (χ3v) is 2.22. The first-order valence-corrected chi connectivity index (χ1v) is 5.36. The Bertz CT molecular complexity index is 210. The van der Waals surface area contributed by atoms with E-state index in [9.17, 15) is 4.79 Å². The normalized spacial score (nSPS) is 11.5. The molecule has 0 aromatic rings. The van der Waals surface area contributed by atoms with Crippen LogP contribution in [0.25, 0.3) is 0 Å². The number of nitrogens with zero attached hydrogens (tertiary/aromatic N) is 1. The fourth-order valence-corrected chi connectivity index (χ4v) is 1.35. The van der Waals surface area contributed by atoms with Gasteiger partial charge in [-0.15, -0.1) is 0 Å². The Labute approximate surface area is 91.2 Å². The molecule has 86 valence electrons.